The summed E-state index contributed by atoms with van der Waals surface area (Å²) >= 11 is 0. The summed E-state index contributed by atoms with van der Waals surface area (Å²) in [7, 11) is 0. The summed E-state index contributed by atoms with van der Waals surface area (Å²) < 4.78 is 6.37. The van der Waals surface area contributed by atoms with E-state index in [1.54, 1.807) is 0 Å². The molecule has 2 heteroatoms. The van der Waals surface area contributed by atoms with E-state index in [2.05, 4.69) is 46.8 Å². The van der Waals surface area contributed by atoms with Crippen molar-refractivity contribution in [2.45, 2.75) is 77.6 Å². The molecule has 124 valence electrons. The second kappa shape index (κ2) is 5.49. The number of ether oxygens (including phenoxy) is 1. The Bertz CT molecular complexity index is 494. The number of aliphatic hydroxyl groups excluding tert-OH is 1. The average Bonchev–Trinajstić information content (AvgIpc) is 2.84. The van der Waals surface area contributed by atoms with Crippen LogP contribution < -0.4 is 0 Å². The van der Waals surface area contributed by atoms with Crippen LogP contribution in [0.1, 0.15) is 60.3 Å². The van der Waals surface area contributed by atoms with Crippen molar-refractivity contribution in [1.29, 1.82) is 0 Å². The molecule has 0 aromatic carbocycles. The predicted molar refractivity (Wildman–Crippen MR) is 90.6 cm³/mol. The molecular weight excluding hydrogens is 272 g/mol. The fourth-order valence-corrected chi connectivity index (χ4v) is 5.04. The molecule has 1 aliphatic carbocycles. The maximum absolute atomic E-state index is 10.3. The Morgan fingerprint density at radius 3 is 2.59 bits per heavy atom. The molecule has 0 spiro atoms. The van der Waals surface area contributed by atoms with Crippen molar-refractivity contribution >= 4 is 0 Å². The highest BCUT2D eigenvalue weighted by Gasteiger charge is 2.60. The molecule has 3 rings (SSSR count). The largest absolute Gasteiger partial charge is 0.389 e. The lowest BCUT2D eigenvalue weighted by molar-refractivity contribution is -0.0395. The summed E-state index contributed by atoms with van der Waals surface area (Å²) in [6.07, 6.45) is 11.1. The van der Waals surface area contributed by atoms with Gasteiger partial charge >= 0.3 is 0 Å². The van der Waals surface area contributed by atoms with Crippen LogP contribution in [-0.2, 0) is 4.74 Å². The number of allylic oxidation sites excluding steroid dienone is 2. The Morgan fingerprint density at radius 1 is 1.32 bits per heavy atom. The lowest BCUT2D eigenvalue weighted by Crippen LogP contribution is -2.35. The summed E-state index contributed by atoms with van der Waals surface area (Å²) in [6.45, 7) is 11.3. The molecule has 2 fully saturated rings. The first-order valence-corrected chi connectivity index (χ1v) is 8.99. The highest BCUT2D eigenvalue weighted by molar-refractivity contribution is 5.17. The summed E-state index contributed by atoms with van der Waals surface area (Å²) in [6, 6.07) is 0. The van der Waals surface area contributed by atoms with Gasteiger partial charge in [-0.25, -0.2) is 0 Å². The van der Waals surface area contributed by atoms with Crippen molar-refractivity contribution in [3.63, 3.8) is 0 Å². The van der Waals surface area contributed by atoms with E-state index in [0.717, 1.165) is 12.8 Å². The minimum Gasteiger partial charge on any atom is -0.389 e. The van der Waals surface area contributed by atoms with Crippen LogP contribution in [0.4, 0.5) is 0 Å². The van der Waals surface area contributed by atoms with E-state index in [0.29, 0.717) is 23.7 Å². The Hall–Kier alpha value is -0.600. The summed E-state index contributed by atoms with van der Waals surface area (Å²) in [4.78, 5) is 0. The van der Waals surface area contributed by atoms with Crippen LogP contribution in [0, 0.1) is 23.7 Å². The first kappa shape index (κ1) is 16.3. The minimum absolute atomic E-state index is 0.0199. The molecule has 0 amide bonds. The smallest absolute Gasteiger partial charge is 0.0757 e. The van der Waals surface area contributed by atoms with Crippen molar-refractivity contribution in [3.8, 4) is 0 Å². The SMILES string of the molecule is CC1=C[C@@H](O)[C@@H]([C@@H](C)/C=C/[C@@H]2[C@@H](C)[C@@]3(C)CC[C@]2(C)O3)CC1. The van der Waals surface area contributed by atoms with E-state index in [-0.39, 0.29) is 17.3 Å². The molecule has 0 aromatic heterocycles. The van der Waals surface area contributed by atoms with Crippen LogP contribution in [0.25, 0.3) is 0 Å². The second-order valence-corrected chi connectivity index (χ2v) is 8.49. The van der Waals surface area contributed by atoms with Gasteiger partial charge in [-0.15, -0.1) is 0 Å². The molecule has 2 nitrogen and oxygen atoms in total. The molecule has 2 heterocycles. The summed E-state index contributed by atoms with van der Waals surface area (Å²) in [5.74, 6) is 1.86. The zero-order valence-corrected chi connectivity index (χ0v) is 14.8. The first-order chi connectivity index (χ1) is 10.3. The van der Waals surface area contributed by atoms with Crippen molar-refractivity contribution in [2.75, 3.05) is 0 Å². The topological polar surface area (TPSA) is 29.5 Å². The second-order valence-electron chi connectivity index (χ2n) is 8.49. The molecule has 0 saturated carbocycles. The van der Waals surface area contributed by atoms with E-state index < -0.39 is 0 Å². The van der Waals surface area contributed by atoms with Gasteiger partial charge in [0.1, 0.15) is 0 Å². The normalized spacial score (nSPS) is 49.6. The molecule has 2 aliphatic heterocycles. The highest BCUT2D eigenvalue weighted by atomic mass is 16.5. The van der Waals surface area contributed by atoms with Gasteiger partial charge in [0.05, 0.1) is 17.3 Å². The maximum Gasteiger partial charge on any atom is 0.0757 e. The predicted octanol–water partition coefficient (Wildman–Crippen LogP) is 4.49. The molecule has 0 aromatic rings. The Balaban J connectivity index is 1.70. The zero-order valence-electron chi connectivity index (χ0n) is 14.8. The van der Waals surface area contributed by atoms with Crippen molar-refractivity contribution in [3.05, 3.63) is 23.8 Å². The number of rotatable bonds is 3. The van der Waals surface area contributed by atoms with Crippen LogP contribution in [0.3, 0.4) is 0 Å². The van der Waals surface area contributed by atoms with Gasteiger partial charge in [0.2, 0.25) is 0 Å². The van der Waals surface area contributed by atoms with Crippen LogP contribution in [0.5, 0.6) is 0 Å². The van der Waals surface area contributed by atoms with Gasteiger partial charge in [0, 0.05) is 5.92 Å². The minimum atomic E-state index is -0.282. The Morgan fingerprint density at radius 2 is 2.00 bits per heavy atom. The molecule has 1 N–H and O–H groups in total. The number of hydrogen-bond donors (Lipinski definition) is 1. The highest BCUT2D eigenvalue weighted by Crippen LogP contribution is 2.57. The lowest BCUT2D eigenvalue weighted by Gasteiger charge is -2.33. The van der Waals surface area contributed by atoms with Crippen LogP contribution in [0.2, 0.25) is 0 Å². The van der Waals surface area contributed by atoms with E-state index >= 15 is 0 Å². The van der Waals surface area contributed by atoms with Crippen LogP contribution >= 0.6 is 0 Å². The fraction of sp³-hybridized carbons (Fsp3) is 0.800. The third-order valence-corrected chi connectivity index (χ3v) is 6.85. The molecule has 0 radical (unpaired) electrons. The fourth-order valence-electron chi connectivity index (χ4n) is 5.04. The van der Waals surface area contributed by atoms with Gasteiger partial charge in [-0.1, -0.05) is 37.6 Å². The first-order valence-electron chi connectivity index (χ1n) is 8.99. The zero-order chi connectivity index (χ0) is 16.1. The third-order valence-electron chi connectivity index (χ3n) is 6.85. The Kier molecular flexibility index (Phi) is 4.06. The van der Waals surface area contributed by atoms with Gasteiger partial charge in [-0.2, -0.15) is 0 Å². The molecule has 7 atom stereocenters. The molecule has 22 heavy (non-hydrogen) atoms. The van der Waals surface area contributed by atoms with Gasteiger partial charge in [-0.05, 0) is 64.2 Å². The molecule has 2 saturated heterocycles. The van der Waals surface area contributed by atoms with Crippen molar-refractivity contribution in [2.24, 2.45) is 23.7 Å². The van der Waals surface area contributed by atoms with Crippen LogP contribution in [0.15, 0.2) is 23.8 Å². The average molecular weight is 304 g/mol. The van der Waals surface area contributed by atoms with Gasteiger partial charge in [-0.3, -0.25) is 0 Å². The van der Waals surface area contributed by atoms with Crippen molar-refractivity contribution in [1.82, 2.24) is 0 Å². The number of hydrogen-bond acceptors (Lipinski definition) is 2. The van der Waals surface area contributed by atoms with Crippen molar-refractivity contribution < 1.29 is 9.84 Å². The van der Waals surface area contributed by atoms with E-state index in [1.165, 1.54) is 18.4 Å². The van der Waals surface area contributed by atoms with Gasteiger partial charge in [0.25, 0.3) is 0 Å². The standard InChI is InChI=1S/C20H32O2/c1-13-6-8-16(18(21)12-13)14(2)7-9-17-15(3)19(4)10-11-20(17,5)22-19/h7,9,12,14-18,21H,6,8,10-11H2,1-5H3/b9-7+/t14-,15+,16+,17+,18+,19+,20-/m0/s1. The maximum atomic E-state index is 10.3. The third kappa shape index (κ3) is 2.59. The van der Waals surface area contributed by atoms with E-state index in [1.807, 2.05) is 6.08 Å². The van der Waals surface area contributed by atoms with Gasteiger partial charge in [0.15, 0.2) is 0 Å². The molecule has 3 aliphatic rings. The number of fused-ring (bicyclic) bond motifs is 2. The quantitative estimate of drug-likeness (QED) is 0.778. The molecule has 0 unspecified atom stereocenters. The van der Waals surface area contributed by atoms with Gasteiger partial charge < -0.3 is 9.84 Å². The van der Waals surface area contributed by atoms with Crippen LogP contribution in [-0.4, -0.2) is 22.4 Å². The molecular formula is C20H32O2. The van der Waals surface area contributed by atoms with E-state index in [4.69, 9.17) is 4.74 Å². The Labute approximate surface area is 135 Å². The number of aliphatic hydroxyl groups is 1. The summed E-state index contributed by atoms with van der Waals surface area (Å²) in [5.41, 5.74) is 1.42. The molecule has 2 bridgehead atoms. The lowest BCUT2D eigenvalue weighted by atomic mass is 9.68. The van der Waals surface area contributed by atoms with E-state index in [9.17, 15) is 5.11 Å². The monoisotopic (exact) mass is 304 g/mol. The summed E-state index contributed by atoms with van der Waals surface area (Å²) in [5, 5.41) is 10.3.